The van der Waals surface area contributed by atoms with Gasteiger partial charge in [-0.15, -0.1) is 0 Å². The van der Waals surface area contributed by atoms with E-state index < -0.39 is 35.6 Å². The maximum Gasteiger partial charge on any atom is 0.251 e. The number of nitrogens with zero attached hydrogens (tertiary/aromatic N) is 1. The van der Waals surface area contributed by atoms with E-state index in [9.17, 15) is 27.6 Å². The number of hydrogen-bond acceptors (Lipinski definition) is 3. The fraction of sp³-hybridized carbons (Fsp3) is 0.286. The second-order valence-electron chi connectivity index (χ2n) is 6.46. The standard InChI is InChI=1S/C21H22F3N3O3/c1-2-12-27(13-17(28)26-16-9-8-15(22)19(23)20(16)24)18(29)10-11-25-21(30)14-6-4-3-5-7-14/h3-9H,2,10-13H2,1H3,(H,25,30)(H,26,28). The molecule has 2 aromatic carbocycles. The predicted molar refractivity (Wildman–Crippen MR) is 105 cm³/mol. The van der Waals surface area contributed by atoms with Crippen LogP contribution in [0, 0.1) is 17.5 Å². The smallest absolute Gasteiger partial charge is 0.251 e. The fourth-order valence-corrected chi connectivity index (χ4v) is 2.68. The molecule has 0 bridgehead atoms. The van der Waals surface area contributed by atoms with Gasteiger partial charge in [-0.3, -0.25) is 14.4 Å². The highest BCUT2D eigenvalue weighted by molar-refractivity contribution is 5.95. The Bertz CT molecular complexity index is 907. The monoisotopic (exact) mass is 421 g/mol. The van der Waals surface area contributed by atoms with Crippen molar-refractivity contribution in [3.8, 4) is 0 Å². The molecular weight excluding hydrogens is 399 g/mol. The molecule has 2 aromatic rings. The fourth-order valence-electron chi connectivity index (χ4n) is 2.68. The largest absolute Gasteiger partial charge is 0.352 e. The number of anilines is 1. The molecule has 160 valence electrons. The summed E-state index contributed by atoms with van der Waals surface area (Å²) in [4.78, 5) is 37.8. The van der Waals surface area contributed by atoms with Gasteiger partial charge in [-0.1, -0.05) is 25.1 Å². The molecule has 2 N–H and O–H groups in total. The Morgan fingerprint density at radius 3 is 2.33 bits per heavy atom. The number of rotatable bonds is 9. The molecular formula is C21H22F3N3O3. The number of carbonyl (C=O) groups excluding carboxylic acids is 3. The molecule has 0 atom stereocenters. The zero-order chi connectivity index (χ0) is 22.1. The van der Waals surface area contributed by atoms with Crippen LogP contribution in [-0.2, 0) is 9.59 Å². The van der Waals surface area contributed by atoms with Crippen molar-refractivity contribution in [3.05, 3.63) is 65.5 Å². The second kappa shape index (κ2) is 11.0. The van der Waals surface area contributed by atoms with Crippen LogP contribution >= 0.6 is 0 Å². The molecule has 0 fully saturated rings. The summed E-state index contributed by atoms with van der Waals surface area (Å²) in [6.45, 7) is 1.76. The van der Waals surface area contributed by atoms with Crippen LogP contribution in [0.15, 0.2) is 42.5 Å². The number of nitrogens with one attached hydrogen (secondary N) is 2. The molecule has 0 aliphatic heterocycles. The van der Waals surface area contributed by atoms with Gasteiger partial charge in [0.05, 0.1) is 12.2 Å². The first-order chi connectivity index (χ1) is 14.3. The van der Waals surface area contributed by atoms with E-state index in [-0.39, 0.29) is 31.3 Å². The molecule has 30 heavy (non-hydrogen) atoms. The number of carbonyl (C=O) groups is 3. The van der Waals surface area contributed by atoms with Gasteiger partial charge in [-0.25, -0.2) is 13.2 Å². The highest BCUT2D eigenvalue weighted by Gasteiger charge is 2.19. The summed E-state index contributed by atoms with van der Waals surface area (Å²) >= 11 is 0. The van der Waals surface area contributed by atoms with Gasteiger partial charge in [0.2, 0.25) is 11.8 Å². The average Bonchev–Trinajstić information content (AvgIpc) is 2.74. The Morgan fingerprint density at radius 2 is 1.67 bits per heavy atom. The quantitative estimate of drug-likeness (QED) is 0.611. The van der Waals surface area contributed by atoms with E-state index in [1.807, 2.05) is 6.92 Å². The third-order valence-corrected chi connectivity index (χ3v) is 4.15. The summed E-state index contributed by atoms with van der Waals surface area (Å²) in [6.07, 6.45) is 0.528. The Hall–Kier alpha value is -3.36. The Kier molecular flexibility index (Phi) is 8.40. The van der Waals surface area contributed by atoms with Crippen LogP contribution < -0.4 is 10.6 Å². The zero-order valence-electron chi connectivity index (χ0n) is 16.4. The normalized spacial score (nSPS) is 10.4. The van der Waals surface area contributed by atoms with Crippen molar-refractivity contribution in [3.63, 3.8) is 0 Å². The minimum atomic E-state index is -1.69. The van der Waals surface area contributed by atoms with E-state index in [4.69, 9.17) is 0 Å². The van der Waals surface area contributed by atoms with E-state index in [0.29, 0.717) is 18.1 Å². The maximum absolute atomic E-state index is 13.7. The highest BCUT2D eigenvalue weighted by Crippen LogP contribution is 2.19. The van der Waals surface area contributed by atoms with Gasteiger partial charge in [0.15, 0.2) is 17.5 Å². The van der Waals surface area contributed by atoms with Gasteiger partial charge in [-0.05, 0) is 30.7 Å². The zero-order valence-corrected chi connectivity index (χ0v) is 16.4. The van der Waals surface area contributed by atoms with Crippen molar-refractivity contribution in [1.82, 2.24) is 10.2 Å². The molecule has 0 aliphatic carbocycles. The molecule has 2 rings (SSSR count). The molecule has 0 aliphatic rings. The topological polar surface area (TPSA) is 78.5 Å². The minimum Gasteiger partial charge on any atom is -0.352 e. The average molecular weight is 421 g/mol. The lowest BCUT2D eigenvalue weighted by atomic mass is 10.2. The predicted octanol–water partition coefficient (Wildman–Crippen LogP) is 3.10. The number of hydrogen-bond donors (Lipinski definition) is 2. The summed E-state index contributed by atoms with van der Waals surface area (Å²) in [5, 5.41) is 4.76. The van der Waals surface area contributed by atoms with Crippen LogP contribution in [0.2, 0.25) is 0 Å². The summed E-state index contributed by atoms with van der Waals surface area (Å²) < 4.78 is 40.0. The molecule has 0 radical (unpaired) electrons. The lowest BCUT2D eigenvalue weighted by Crippen LogP contribution is -2.40. The molecule has 0 saturated carbocycles. The van der Waals surface area contributed by atoms with E-state index in [0.717, 1.165) is 6.07 Å². The summed E-state index contributed by atoms with van der Waals surface area (Å²) in [5.41, 5.74) is -0.0544. The summed E-state index contributed by atoms with van der Waals surface area (Å²) in [5.74, 6) is -6.03. The summed E-state index contributed by atoms with van der Waals surface area (Å²) in [7, 11) is 0. The maximum atomic E-state index is 13.7. The molecule has 0 spiro atoms. The molecule has 0 saturated heterocycles. The first kappa shape index (κ1) is 22.9. The number of benzene rings is 2. The first-order valence-corrected chi connectivity index (χ1v) is 9.37. The van der Waals surface area contributed by atoms with Crippen molar-refractivity contribution in [2.24, 2.45) is 0 Å². The van der Waals surface area contributed by atoms with E-state index in [2.05, 4.69) is 10.6 Å². The lowest BCUT2D eigenvalue weighted by Gasteiger charge is -2.22. The Morgan fingerprint density at radius 1 is 0.967 bits per heavy atom. The number of halogens is 3. The van der Waals surface area contributed by atoms with Gasteiger partial charge in [-0.2, -0.15) is 0 Å². The van der Waals surface area contributed by atoms with Crippen molar-refractivity contribution >= 4 is 23.4 Å². The molecule has 3 amide bonds. The van der Waals surface area contributed by atoms with E-state index in [1.165, 1.54) is 4.90 Å². The van der Waals surface area contributed by atoms with Gasteiger partial charge in [0.25, 0.3) is 5.91 Å². The molecule has 0 heterocycles. The van der Waals surface area contributed by atoms with Crippen LogP contribution in [0.25, 0.3) is 0 Å². The van der Waals surface area contributed by atoms with Crippen LogP contribution in [0.3, 0.4) is 0 Å². The van der Waals surface area contributed by atoms with Crippen LogP contribution in [0.5, 0.6) is 0 Å². The third-order valence-electron chi connectivity index (χ3n) is 4.15. The minimum absolute atomic E-state index is 0.0363. The Balaban J connectivity index is 1.89. The molecule has 0 aromatic heterocycles. The number of amides is 3. The van der Waals surface area contributed by atoms with Crippen molar-refractivity contribution in [2.75, 3.05) is 25.0 Å². The van der Waals surface area contributed by atoms with Crippen molar-refractivity contribution in [1.29, 1.82) is 0 Å². The van der Waals surface area contributed by atoms with Gasteiger partial charge >= 0.3 is 0 Å². The summed E-state index contributed by atoms with van der Waals surface area (Å²) in [6, 6.07) is 10.1. The molecule has 9 heteroatoms. The Labute approximate surface area is 172 Å². The third kappa shape index (κ3) is 6.33. The first-order valence-electron chi connectivity index (χ1n) is 9.37. The van der Waals surface area contributed by atoms with Gasteiger partial charge in [0, 0.05) is 25.1 Å². The van der Waals surface area contributed by atoms with Gasteiger partial charge in [0.1, 0.15) is 0 Å². The van der Waals surface area contributed by atoms with Crippen LogP contribution in [0.4, 0.5) is 18.9 Å². The van der Waals surface area contributed by atoms with Crippen molar-refractivity contribution in [2.45, 2.75) is 19.8 Å². The SMILES string of the molecule is CCCN(CC(=O)Nc1ccc(F)c(F)c1F)C(=O)CCNC(=O)c1ccccc1. The second-order valence-corrected chi connectivity index (χ2v) is 6.46. The lowest BCUT2D eigenvalue weighted by molar-refractivity contribution is -0.134. The van der Waals surface area contributed by atoms with Gasteiger partial charge < -0.3 is 15.5 Å². The molecule has 6 nitrogen and oxygen atoms in total. The van der Waals surface area contributed by atoms with E-state index >= 15 is 0 Å². The van der Waals surface area contributed by atoms with E-state index in [1.54, 1.807) is 30.3 Å². The van der Waals surface area contributed by atoms with Crippen LogP contribution in [-0.4, -0.2) is 42.3 Å². The molecule has 0 unspecified atom stereocenters. The van der Waals surface area contributed by atoms with Crippen LogP contribution in [0.1, 0.15) is 30.1 Å². The highest BCUT2D eigenvalue weighted by atomic mass is 19.2. The van der Waals surface area contributed by atoms with Crippen molar-refractivity contribution < 1.29 is 27.6 Å².